The molecule has 1 heterocycles. The lowest BCUT2D eigenvalue weighted by Gasteiger charge is -2.13. The molecule has 0 radical (unpaired) electrons. The zero-order valence-corrected chi connectivity index (χ0v) is 19.8. The van der Waals surface area contributed by atoms with Crippen LogP contribution in [0.3, 0.4) is 0 Å². The Balaban J connectivity index is 1.55. The second kappa shape index (κ2) is 10.2. The van der Waals surface area contributed by atoms with Crippen molar-refractivity contribution in [3.8, 4) is 5.69 Å². The van der Waals surface area contributed by atoms with Crippen molar-refractivity contribution in [2.75, 3.05) is 5.75 Å². The predicted octanol–water partition coefficient (Wildman–Crippen LogP) is 5.24. The molecule has 6 nitrogen and oxygen atoms in total. The topological polar surface area (TPSA) is 76.3 Å². The standard InChI is InChI=1S/C24H18Cl2N4O2S/c1-15-6-10-18(11-7-15)30-23(32)19-4-2-3-5-21(19)28-24(30)33-14-22(31)29-27-13-16-8-9-17(25)12-20(16)26/h2-13H,14H2,1H3,(H,29,31)/b27-13+. The van der Waals surface area contributed by atoms with Crippen LogP contribution in [0.5, 0.6) is 0 Å². The van der Waals surface area contributed by atoms with Gasteiger partial charge in [-0.15, -0.1) is 0 Å². The van der Waals surface area contributed by atoms with Crippen LogP contribution in [-0.4, -0.2) is 27.4 Å². The van der Waals surface area contributed by atoms with Gasteiger partial charge in [0.05, 0.1) is 33.6 Å². The number of nitrogens with one attached hydrogen (secondary N) is 1. The quantitative estimate of drug-likeness (QED) is 0.171. The van der Waals surface area contributed by atoms with Crippen molar-refractivity contribution in [3.63, 3.8) is 0 Å². The number of aryl methyl sites for hydroxylation is 1. The third-order valence-corrected chi connectivity index (χ3v) is 6.23. The molecule has 1 amide bonds. The highest BCUT2D eigenvalue weighted by atomic mass is 35.5. The molecule has 4 aromatic rings. The number of carbonyl (C=O) groups excluding carboxylic acids is 1. The Hall–Kier alpha value is -3.13. The summed E-state index contributed by atoms with van der Waals surface area (Å²) >= 11 is 13.1. The molecule has 1 N–H and O–H groups in total. The van der Waals surface area contributed by atoms with Crippen molar-refractivity contribution in [2.45, 2.75) is 12.1 Å². The number of rotatable bonds is 6. The van der Waals surface area contributed by atoms with E-state index in [1.54, 1.807) is 36.4 Å². The minimum absolute atomic E-state index is 0.0162. The van der Waals surface area contributed by atoms with Gasteiger partial charge in [0, 0.05) is 10.6 Å². The number of aromatic nitrogens is 2. The van der Waals surface area contributed by atoms with Crippen molar-refractivity contribution in [3.05, 3.63) is 98.3 Å². The van der Waals surface area contributed by atoms with E-state index in [0.717, 1.165) is 17.3 Å². The maximum Gasteiger partial charge on any atom is 0.266 e. The van der Waals surface area contributed by atoms with Gasteiger partial charge in [-0.3, -0.25) is 14.2 Å². The first-order valence-corrected chi connectivity index (χ1v) is 11.6. The Morgan fingerprint density at radius 1 is 1.12 bits per heavy atom. The van der Waals surface area contributed by atoms with Gasteiger partial charge < -0.3 is 0 Å². The summed E-state index contributed by atoms with van der Waals surface area (Å²) in [5, 5.41) is 5.82. The summed E-state index contributed by atoms with van der Waals surface area (Å²) in [4.78, 5) is 30.2. The van der Waals surface area contributed by atoms with E-state index in [1.807, 2.05) is 37.3 Å². The molecule has 4 rings (SSSR count). The Labute approximate surface area is 204 Å². The monoisotopic (exact) mass is 496 g/mol. The Morgan fingerprint density at radius 3 is 2.64 bits per heavy atom. The van der Waals surface area contributed by atoms with E-state index in [9.17, 15) is 9.59 Å². The van der Waals surface area contributed by atoms with Crippen LogP contribution in [0.1, 0.15) is 11.1 Å². The van der Waals surface area contributed by atoms with Crippen LogP contribution < -0.4 is 11.0 Å². The fraction of sp³-hybridized carbons (Fsp3) is 0.0833. The van der Waals surface area contributed by atoms with E-state index in [2.05, 4.69) is 15.5 Å². The Morgan fingerprint density at radius 2 is 1.88 bits per heavy atom. The predicted molar refractivity (Wildman–Crippen MR) is 135 cm³/mol. The van der Waals surface area contributed by atoms with Crippen LogP contribution in [0.2, 0.25) is 10.0 Å². The minimum Gasteiger partial charge on any atom is -0.272 e. The molecule has 0 bridgehead atoms. The molecular weight excluding hydrogens is 479 g/mol. The van der Waals surface area contributed by atoms with Crippen molar-refractivity contribution in [1.82, 2.24) is 15.0 Å². The number of thioether (sulfide) groups is 1. The molecule has 0 aliphatic carbocycles. The highest BCUT2D eigenvalue weighted by Gasteiger charge is 2.14. The van der Waals surface area contributed by atoms with Gasteiger partial charge in [-0.25, -0.2) is 10.4 Å². The zero-order valence-electron chi connectivity index (χ0n) is 17.5. The van der Waals surface area contributed by atoms with Crippen LogP contribution in [0, 0.1) is 6.92 Å². The first-order valence-electron chi connectivity index (χ1n) is 9.91. The van der Waals surface area contributed by atoms with Gasteiger partial charge in [0.2, 0.25) is 0 Å². The summed E-state index contributed by atoms with van der Waals surface area (Å²) in [6.07, 6.45) is 1.44. The van der Waals surface area contributed by atoms with E-state index in [0.29, 0.717) is 37.4 Å². The van der Waals surface area contributed by atoms with Crippen LogP contribution in [0.4, 0.5) is 0 Å². The van der Waals surface area contributed by atoms with E-state index in [4.69, 9.17) is 23.2 Å². The number of fused-ring (bicyclic) bond motifs is 1. The number of nitrogens with zero attached hydrogens (tertiary/aromatic N) is 3. The van der Waals surface area contributed by atoms with Crippen molar-refractivity contribution in [1.29, 1.82) is 0 Å². The molecule has 0 atom stereocenters. The van der Waals surface area contributed by atoms with Crippen molar-refractivity contribution in [2.24, 2.45) is 5.10 Å². The molecular formula is C24H18Cl2N4O2S. The van der Waals surface area contributed by atoms with Gasteiger partial charge in [0.1, 0.15) is 0 Å². The van der Waals surface area contributed by atoms with E-state index >= 15 is 0 Å². The molecule has 0 saturated carbocycles. The van der Waals surface area contributed by atoms with Gasteiger partial charge in [0.15, 0.2) is 5.16 Å². The summed E-state index contributed by atoms with van der Waals surface area (Å²) < 4.78 is 1.52. The molecule has 0 aliphatic heterocycles. The Kier molecular flexibility index (Phi) is 7.13. The lowest BCUT2D eigenvalue weighted by Crippen LogP contribution is -2.24. The number of para-hydroxylation sites is 1. The summed E-state index contributed by atoms with van der Waals surface area (Å²) in [5.74, 6) is -0.332. The third-order valence-electron chi connectivity index (χ3n) is 4.72. The van der Waals surface area contributed by atoms with Gasteiger partial charge in [0.25, 0.3) is 11.5 Å². The second-order valence-electron chi connectivity index (χ2n) is 7.14. The SMILES string of the molecule is Cc1ccc(-n2c(SCC(=O)N/N=C/c3ccc(Cl)cc3Cl)nc3ccccc3c2=O)cc1. The lowest BCUT2D eigenvalue weighted by molar-refractivity contribution is -0.118. The van der Waals surface area contributed by atoms with Crippen LogP contribution in [0.15, 0.2) is 81.8 Å². The fourth-order valence-electron chi connectivity index (χ4n) is 3.07. The number of hydrogen-bond donors (Lipinski definition) is 1. The number of halogens is 2. The smallest absolute Gasteiger partial charge is 0.266 e. The van der Waals surface area contributed by atoms with Gasteiger partial charge >= 0.3 is 0 Å². The number of benzene rings is 3. The van der Waals surface area contributed by atoms with Crippen molar-refractivity contribution < 1.29 is 4.79 Å². The summed E-state index contributed by atoms with van der Waals surface area (Å²) in [6.45, 7) is 1.98. The van der Waals surface area contributed by atoms with E-state index < -0.39 is 0 Å². The largest absolute Gasteiger partial charge is 0.272 e. The average Bonchev–Trinajstić information content (AvgIpc) is 2.80. The summed E-state index contributed by atoms with van der Waals surface area (Å²) in [5.41, 5.74) is 5.23. The number of carbonyl (C=O) groups is 1. The average molecular weight is 497 g/mol. The lowest BCUT2D eigenvalue weighted by atomic mass is 10.2. The molecule has 0 unspecified atom stereocenters. The van der Waals surface area contributed by atoms with E-state index in [-0.39, 0.29) is 17.2 Å². The number of hydrogen-bond acceptors (Lipinski definition) is 5. The maximum atomic E-state index is 13.2. The number of hydrazone groups is 1. The Bertz CT molecular complexity index is 1420. The zero-order chi connectivity index (χ0) is 23.4. The molecule has 0 saturated heterocycles. The number of amides is 1. The first-order chi connectivity index (χ1) is 15.9. The molecule has 33 heavy (non-hydrogen) atoms. The summed E-state index contributed by atoms with van der Waals surface area (Å²) in [6, 6.07) is 19.7. The van der Waals surface area contributed by atoms with Gasteiger partial charge in [-0.05, 0) is 43.3 Å². The highest BCUT2D eigenvalue weighted by Crippen LogP contribution is 2.22. The molecule has 1 aromatic heterocycles. The van der Waals surface area contributed by atoms with Gasteiger partial charge in [-0.2, -0.15) is 5.10 Å². The molecule has 166 valence electrons. The van der Waals surface area contributed by atoms with Crippen LogP contribution in [-0.2, 0) is 4.79 Å². The molecule has 0 aliphatic rings. The second-order valence-corrected chi connectivity index (χ2v) is 8.92. The van der Waals surface area contributed by atoms with Crippen LogP contribution >= 0.6 is 35.0 Å². The molecule has 3 aromatic carbocycles. The minimum atomic E-state index is -0.348. The molecule has 0 fully saturated rings. The fourth-order valence-corrected chi connectivity index (χ4v) is 4.34. The van der Waals surface area contributed by atoms with Crippen LogP contribution in [0.25, 0.3) is 16.6 Å². The summed E-state index contributed by atoms with van der Waals surface area (Å²) in [7, 11) is 0. The maximum absolute atomic E-state index is 13.2. The first kappa shape index (κ1) is 23.0. The normalized spacial score (nSPS) is 11.2. The van der Waals surface area contributed by atoms with Gasteiger partial charge in [-0.1, -0.05) is 70.9 Å². The molecule has 0 spiro atoms. The molecule has 9 heteroatoms. The third kappa shape index (κ3) is 5.45. The van der Waals surface area contributed by atoms with E-state index in [1.165, 1.54) is 10.8 Å². The highest BCUT2D eigenvalue weighted by molar-refractivity contribution is 7.99. The van der Waals surface area contributed by atoms with Crippen molar-refractivity contribution >= 4 is 58.0 Å².